The normalized spacial score (nSPS) is 27.2. The zero-order valence-electron chi connectivity index (χ0n) is 10.8. The Labute approximate surface area is 112 Å². The zero-order valence-corrected chi connectivity index (χ0v) is 10.8. The molecule has 0 saturated carbocycles. The molecule has 2 saturated heterocycles. The van der Waals surface area contributed by atoms with Crippen molar-refractivity contribution in [2.24, 2.45) is 0 Å². The fourth-order valence-corrected chi connectivity index (χ4v) is 2.96. The van der Waals surface area contributed by atoms with E-state index in [9.17, 15) is 9.18 Å². The van der Waals surface area contributed by atoms with Crippen molar-refractivity contribution >= 4 is 5.78 Å². The fourth-order valence-electron chi connectivity index (χ4n) is 2.96. The van der Waals surface area contributed by atoms with Crippen molar-refractivity contribution in [1.82, 2.24) is 4.90 Å². The molecule has 1 aromatic rings. The quantitative estimate of drug-likeness (QED) is 0.833. The van der Waals surface area contributed by atoms with E-state index in [-0.39, 0.29) is 18.0 Å². The van der Waals surface area contributed by atoms with Crippen LogP contribution >= 0.6 is 0 Å². The number of carbonyl (C=O) groups is 1. The van der Waals surface area contributed by atoms with E-state index in [2.05, 4.69) is 4.90 Å². The Balaban J connectivity index is 1.63. The minimum absolute atomic E-state index is 0.0181. The van der Waals surface area contributed by atoms with Gasteiger partial charge in [-0.3, -0.25) is 9.69 Å². The number of morpholine rings is 1. The molecular weight excluding hydrogens is 245 g/mol. The number of nitrogens with zero attached hydrogens (tertiary/aromatic N) is 1. The molecule has 2 heterocycles. The van der Waals surface area contributed by atoms with Gasteiger partial charge in [0, 0.05) is 19.0 Å². The molecule has 0 radical (unpaired) electrons. The first-order chi connectivity index (χ1) is 9.24. The molecule has 0 N–H and O–H groups in total. The Morgan fingerprint density at radius 2 is 2.26 bits per heavy atom. The van der Waals surface area contributed by atoms with Crippen molar-refractivity contribution in [2.45, 2.75) is 31.4 Å². The van der Waals surface area contributed by atoms with Crippen LogP contribution in [-0.4, -0.2) is 42.5 Å². The third-order valence-corrected chi connectivity index (χ3v) is 4.07. The highest BCUT2D eigenvalue weighted by molar-refractivity contribution is 5.85. The summed E-state index contributed by atoms with van der Waals surface area (Å²) in [5, 5.41) is 0. The topological polar surface area (TPSA) is 29.5 Å². The lowest BCUT2D eigenvalue weighted by Gasteiger charge is -2.34. The van der Waals surface area contributed by atoms with Crippen LogP contribution < -0.4 is 0 Å². The molecule has 19 heavy (non-hydrogen) atoms. The number of hydrogen-bond acceptors (Lipinski definition) is 3. The maximum Gasteiger partial charge on any atom is 0.167 e. The van der Waals surface area contributed by atoms with Crippen LogP contribution in [0.1, 0.15) is 18.4 Å². The number of ketones is 1. The number of benzene rings is 1. The molecule has 1 aromatic carbocycles. The Morgan fingerprint density at radius 3 is 3.11 bits per heavy atom. The van der Waals surface area contributed by atoms with E-state index in [0.29, 0.717) is 24.8 Å². The largest absolute Gasteiger partial charge is 0.367 e. The first-order valence-electron chi connectivity index (χ1n) is 6.86. The van der Waals surface area contributed by atoms with Crippen LogP contribution in [0.4, 0.5) is 4.39 Å². The first kappa shape index (κ1) is 12.8. The number of rotatable bonds is 3. The van der Waals surface area contributed by atoms with Crippen molar-refractivity contribution in [3.05, 3.63) is 35.6 Å². The minimum atomic E-state index is -0.394. The third-order valence-electron chi connectivity index (χ3n) is 4.07. The average Bonchev–Trinajstić information content (AvgIpc) is 2.88. The van der Waals surface area contributed by atoms with Gasteiger partial charge in [-0.05, 0) is 31.0 Å². The van der Waals surface area contributed by atoms with E-state index >= 15 is 0 Å². The van der Waals surface area contributed by atoms with Crippen molar-refractivity contribution < 1.29 is 13.9 Å². The molecule has 0 bridgehead atoms. The molecule has 0 spiro atoms. The summed E-state index contributed by atoms with van der Waals surface area (Å²) >= 11 is 0. The highest BCUT2D eigenvalue weighted by Gasteiger charge is 2.35. The maximum absolute atomic E-state index is 13.5. The lowest BCUT2D eigenvalue weighted by Crippen LogP contribution is -2.49. The standard InChI is InChI=1S/C15H18FNO2/c16-13-6-2-1-4-11(13)8-14(18)15-9-17-7-3-5-12(17)10-19-15/h1-2,4,6,12,15H,3,5,7-10H2. The van der Waals surface area contributed by atoms with E-state index in [4.69, 9.17) is 4.74 Å². The molecule has 2 fully saturated rings. The second-order valence-corrected chi connectivity index (χ2v) is 5.35. The summed E-state index contributed by atoms with van der Waals surface area (Å²) in [5.41, 5.74) is 0.458. The molecule has 2 aliphatic heterocycles. The molecule has 3 nitrogen and oxygen atoms in total. The number of carbonyl (C=O) groups excluding carboxylic acids is 1. The SMILES string of the molecule is O=C(Cc1ccccc1F)C1CN2CCCC2CO1. The van der Waals surface area contributed by atoms with Crippen molar-refractivity contribution in [3.63, 3.8) is 0 Å². The molecule has 3 rings (SSSR count). The Bertz CT molecular complexity index is 477. The van der Waals surface area contributed by atoms with Crippen LogP contribution in [0.3, 0.4) is 0 Å². The smallest absolute Gasteiger partial charge is 0.167 e. The molecule has 0 aliphatic carbocycles. The van der Waals surface area contributed by atoms with Crippen molar-refractivity contribution in [3.8, 4) is 0 Å². The number of fused-ring (bicyclic) bond motifs is 1. The first-order valence-corrected chi connectivity index (χ1v) is 6.86. The van der Waals surface area contributed by atoms with E-state index in [0.717, 1.165) is 13.0 Å². The number of Topliss-reactive ketones (excluding diaryl/α,β-unsaturated/α-hetero) is 1. The summed E-state index contributed by atoms with van der Waals surface area (Å²) in [6, 6.07) is 6.92. The molecule has 102 valence electrons. The second kappa shape index (κ2) is 5.39. The van der Waals surface area contributed by atoms with E-state index in [1.54, 1.807) is 18.2 Å². The molecule has 0 amide bonds. The summed E-state index contributed by atoms with van der Waals surface area (Å²) in [6.45, 7) is 2.35. The van der Waals surface area contributed by atoms with Gasteiger partial charge in [0.05, 0.1) is 6.61 Å². The summed E-state index contributed by atoms with van der Waals surface area (Å²) in [7, 11) is 0. The molecule has 2 aliphatic rings. The monoisotopic (exact) mass is 263 g/mol. The van der Waals surface area contributed by atoms with Gasteiger partial charge in [0.2, 0.25) is 0 Å². The maximum atomic E-state index is 13.5. The minimum Gasteiger partial charge on any atom is -0.367 e. The summed E-state index contributed by atoms with van der Waals surface area (Å²) in [6.07, 6.45) is 2.07. The Morgan fingerprint density at radius 1 is 1.42 bits per heavy atom. The Hall–Kier alpha value is -1.26. The molecule has 0 aromatic heterocycles. The average molecular weight is 263 g/mol. The molecule has 2 unspecified atom stereocenters. The number of ether oxygens (including phenoxy) is 1. The summed E-state index contributed by atoms with van der Waals surface area (Å²) in [4.78, 5) is 14.5. The van der Waals surface area contributed by atoms with Crippen LogP contribution in [0.2, 0.25) is 0 Å². The van der Waals surface area contributed by atoms with Crippen molar-refractivity contribution in [1.29, 1.82) is 0 Å². The fraction of sp³-hybridized carbons (Fsp3) is 0.533. The molecule has 2 atom stereocenters. The molecular formula is C15H18FNO2. The summed E-state index contributed by atoms with van der Waals surface area (Å²) < 4.78 is 19.2. The number of halogens is 1. The van der Waals surface area contributed by atoms with Gasteiger partial charge >= 0.3 is 0 Å². The van der Waals surface area contributed by atoms with Crippen LogP contribution in [0.25, 0.3) is 0 Å². The lowest BCUT2D eigenvalue weighted by molar-refractivity contribution is -0.137. The Kier molecular flexibility index (Phi) is 3.62. The van der Waals surface area contributed by atoms with Gasteiger partial charge in [0.15, 0.2) is 5.78 Å². The van der Waals surface area contributed by atoms with Crippen LogP contribution in [0.5, 0.6) is 0 Å². The highest BCUT2D eigenvalue weighted by Crippen LogP contribution is 2.23. The number of hydrogen-bond donors (Lipinski definition) is 0. The van der Waals surface area contributed by atoms with Gasteiger partial charge in [-0.2, -0.15) is 0 Å². The van der Waals surface area contributed by atoms with Gasteiger partial charge in [0.25, 0.3) is 0 Å². The molecule has 4 heteroatoms. The van der Waals surface area contributed by atoms with Gasteiger partial charge in [0.1, 0.15) is 11.9 Å². The van der Waals surface area contributed by atoms with Gasteiger partial charge in [-0.1, -0.05) is 18.2 Å². The highest BCUT2D eigenvalue weighted by atomic mass is 19.1. The van der Waals surface area contributed by atoms with Gasteiger partial charge in [-0.25, -0.2) is 4.39 Å². The second-order valence-electron chi connectivity index (χ2n) is 5.35. The lowest BCUT2D eigenvalue weighted by atomic mass is 10.0. The van der Waals surface area contributed by atoms with E-state index < -0.39 is 6.10 Å². The van der Waals surface area contributed by atoms with E-state index in [1.165, 1.54) is 12.5 Å². The van der Waals surface area contributed by atoms with Gasteiger partial charge in [-0.15, -0.1) is 0 Å². The predicted molar refractivity (Wildman–Crippen MR) is 69.4 cm³/mol. The third kappa shape index (κ3) is 2.69. The van der Waals surface area contributed by atoms with Crippen LogP contribution in [0.15, 0.2) is 24.3 Å². The zero-order chi connectivity index (χ0) is 13.2. The predicted octanol–water partition coefficient (Wildman–Crippen LogP) is 1.80. The summed E-state index contributed by atoms with van der Waals surface area (Å²) in [5.74, 6) is -0.332. The van der Waals surface area contributed by atoms with Gasteiger partial charge < -0.3 is 4.74 Å². The van der Waals surface area contributed by atoms with Crippen LogP contribution in [0, 0.1) is 5.82 Å². The van der Waals surface area contributed by atoms with Crippen LogP contribution in [-0.2, 0) is 16.0 Å². The van der Waals surface area contributed by atoms with E-state index in [1.807, 2.05) is 0 Å². The van der Waals surface area contributed by atoms with Crippen molar-refractivity contribution in [2.75, 3.05) is 19.7 Å².